The zero-order valence-electron chi connectivity index (χ0n) is 27.5. The zero-order chi connectivity index (χ0) is 31.3. The Bertz CT molecular complexity index is 2570. The molecular formula is C36H22O. The molecule has 0 aliphatic rings. The van der Waals surface area contributed by atoms with Gasteiger partial charge in [-0.25, -0.2) is 0 Å². The van der Waals surface area contributed by atoms with Crippen LogP contribution >= 0.6 is 0 Å². The third-order valence-corrected chi connectivity index (χ3v) is 7.11. The summed E-state index contributed by atoms with van der Waals surface area (Å²) in [6, 6.07) is 22.2. The zero-order valence-corrected chi connectivity index (χ0v) is 19.5. The first-order chi connectivity index (χ1) is 21.7. The first kappa shape index (κ1) is 14.0. The van der Waals surface area contributed by atoms with Gasteiger partial charge in [-0.2, -0.15) is 0 Å². The molecule has 1 heteroatoms. The summed E-state index contributed by atoms with van der Waals surface area (Å²) in [6.07, 6.45) is 1.55. The first-order valence-corrected chi connectivity index (χ1v) is 12.0. The SMILES string of the molecule is [2H]c1c([2H])c([2H])c2c(-c3coc4c3ccc3c5ccccc5ccc34)c3c(-c4ccccc4)c([2H])c([2H])c([2H])c3c([2H])c2c1[2H]. The summed E-state index contributed by atoms with van der Waals surface area (Å²) in [7, 11) is 0. The van der Waals surface area contributed by atoms with Crippen molar-refractivity contribution >= 4 is 54.1 Å². The van der Waals surface area contributed by atoms with Crippen molar-refractivity contribution in [2.45, 2.75) is 0 Å². The van der Waals surface area contributed by atoms with Crippen LogP contribution < -0.4 is 0 Å². The van der Waals surface area contributed by atoms with Crippen LogP contribution in [0.15, 0.2) is 138 Å². The van der Waals surface area contributed by atoms with Gasteiger partial charge in [-0.05, 0) is 67.0 Å². The van der Waals surface area contributed by atoms with Crippen molar-refractivity contribution in [2.75, 3.05) is 0 Å². The third-order valence-electron chi connectivity index (χ3n) is 7.11. The van der Waals surface area contributed by atoms with E-state index in [4.69, 9.17) is 14.0 Å². The minimum absolute atomic E-state index is 0.0449. The minimum atomic E-state index is -0.487. The van der Waals surface area contributed by atoms with Crippen molar-refractivity contribution in [3.05, 3.63) is 133 Å². The van der Waals surface area contributed by atoms with E-state index in [1.165, 1.54) is 0 Å². The summed E-state index contributed by atoms with van der Waals surface area (Å²) in [5, 5.41) is 5.08. The van der Waals surface area contributed by atoms with E-state index in [0.717, 1.165) is 21.5 Å². The Kier molecular flexibility index (Phi) is 2.96. The van der Waals surface area contributed by atoms with E-state index in [2.05, 4.69) is 0 Å². The van der Waals surface area contributed by atoms with Gasteiger partial charge in [-0.15, -0.1) is 0 Å². The number of hydrogen-bond donors (Lipinski definition) is 0. The Hall–Kier alpha value is -4.88. The minimum Gasteiger partial charge on any atom is -0.463 e. The van der Waals surface area contributed by atoms with Crippen molar-refractivity contribution in [3.8, 4) is 22.3 Å². The highest BCUT2D eigenvalue weighted by Gasteiger charge is 2.19. The summed E-state index contributed by atoms with van der Waals surface area (Å²) in [5.41, 5.74) is 2.33. The van der Waals surface area contributed by atoms with Crippen LogP contribution in [0.25, 0.3) is 76.3 Å². The van der Waals surface area contributed by atoms with E-state index in [-0.39, 0.29) is 46.4 Å². The second-order valence-electron chi connectivity index (χ2n) is 9.09. The molecule has 0 amide bonds. The van der Waals surface area contributed by atoms with E-state index in [0.29, 0.717) is 38.6 Å². The maximum atomic E-state index is 9.24. The van der Waals surface area contributed by atoms with Crippen LogP contribution in [-0.4, -0.2) is 0 Å². The Morgan fingerprint density at radius 1 is 0.514 bits per heavy atom. The average Bonchev–Trinajstić information content (AvgIpc) is 3.49. The highest BCUT2D eigenvalue weighted by molar-refractivity contribution is 6.23. The van der Waals surface area contributed by atoms with E-state index in [1.807, 2.05) is 54.6 Å². The van der Waals surface area contributed by atoms with Crippen LogP contribution in [0.4, 0.5) is 0 Å². The van der Waals surface area contributed by atoms with Crippen molar-refractivity contribution < 1.29 is 15.4 Å². The Morgan fingerprint density at radius 3 is 2.24 bits per heavy atom. The number of benzene rings is 7. The predicted octanol–water partition coefficient (Wildman–Crippen LogP) is 10.4. The van der Waals surface area contributed by atoms with Crippen molar-refractivity contribution in [1.29, 1.82) is 0 Å². The normalized spacial score (nSPS) is 14.8. The van der Waals surface area contributed by atoms with Crippen LogP contribution in [0.2, 0.25) is 0 Å². The molecule has 0 spiro atoms. The van der Waals surface area contributed by atoms with Gasteiger partial charge < -0.3 is 4.42 Å². The van der Waals surface area contributed by atoms with Gasteiger partial charge in [0.25, 0.3) is 0 Å². The largest absolute Gasteiger partial charge is 0.463 e. The molecule has 7 aromatic carbocycles. The fraction of sp³-hybridized carbons (Fsp3) is 0. The lowest BCUT2D eigenvalue weighted by atomic mass is 9.87. The summed E-state index contributed by atoms with van der Waals surface area (Å²) in [4.78, 5) is 0. The molecule has 0 aliphatic heterocycles. The highest BCUT2D eigenvalue weighted by atomic mass is 16.3. The van der Waals surface area contributed by atoms with Gasteiger partial charge in [0.2, 0.25) is 0 Å². The Balaban J connectivity index is 1.65. The second-order valence-corrected chi connectivity index (χ2v) is 9.09. The van der Waals surface area contributed by atoms with Gasteiger partial charge in [0, 0.05) is 21.9 Å². The Morgan fingerprint density at radius 2 is 1.30 bits per heavy atom. The van der Waals surface area contributed by atoms with Gasteiger partial charge in [0.1, 0.15) is 5.58 Å². The van der Waals surface area contributed by atoms with E-state index >= 15 is 0 Å². The van der Waals surface area contributed by atoms with E-state index < -0.39 is 18.1 Å². The molecule has 0 saturated heterocycles. The van der Waals surface area contributed by atoms with Crippen LogP contribution in [0, 0.1) is 0 Å². The fourth-order valence-corrected chi connectivity index (χ4v) is 5.46. The summed E-state index contributed by atoms with van der Waals surface area (Å²) in [6.45, 7) is 0. The molecule has 0 radical (unpaired) electrons. The molecule has 0 unspecified atom stereocenters. The first-order valence-electron chi connectivity index (χ1n) is 16.0. The number of fused-ring (bicyclic) bond motifs is 7. The predicted molar refractivity (Wildman–Crippen MR) is 157 cm³/mol. The molecule has 1 heterocycles. The Labute approximate surface area is 225 Å². The molecule has 0 saturated carbocycles. The smallest absolute Gasteiger partial charge is 0.142 e. The summed E-state index contributed by atoms with van der Waals surface area (Å²) in [5.74, 6) is 0. The number of furan rings is 1. The molecule has 8 rings (SSSR count). The number of hydrogen-bond acceptors (Lipinski definition) is 1. The molecule has 0 N–H and O–H groups in total. The molecule has 1 aromatic heterocycles. The maximum Gasteiger partial charge on any atom is 0.142 e. The lowest BCUT2D eigenvalue weighted by Gasteiger charge is -2.15. The van der Waals surface area contributed by atoms with Crippen molar-refractivity contribution in [2.24, 2.45) is 0 Å². The van der Waals surface area contributed by atoms with Gasteiger partial charge in [-0.1, -0.05) is 109 Å². The molecule has 0 fully saturated rings. The molecule has 37 heavy (non-hydrogen) atoms. The lowest BCUT2D eigenvalue weighted by molar-refractivity contribution is 0.620. The van der Waals surface area contributed by atoms with Gasteiger partial charge in [-0.3, -0.25) is 0 Å². The van der Waals surface area contributed by atoms with Crippen LogP contribution in [0.3, 0.4) is 0 Å². The summed E-state index contributed by atoms with van der Waals surface area (Å²) < 4.78 is 77.0. The third kappa shape index (κ3) is 2.98. The molecule has 0 atom stereocenters. The average molecular weight is 479 g/mol. The van der Waals surface area contributed by atoms with Crippen LogP contribution in [0.5, 0.6) is 0 Å². The van der Waals surface area contributed by atoms with Gasteiger partial charge in [0.05, 0.1) is 17.2 Å². The molecule has 1 nitrogen and oxygen atoms in total. The van der Waals surface area contributed by atoms with Crippen LogP contribution in [-0.2, 0) is 0 Å². The quantitative estimate of drug-likeness (QED) is 0.178. The standard InChI is InChI=1S/C36H22O/c1-2-9-23(10-3-1)28-16-8-13-26-21-25-12-5-7-15-29(25)35(34(26)28)33-22-37-36-31-18-17-24-11-4-6-14-27(24)30(31)19-20-32(33)36/h1-22H/i5D,7D,8D,12D,13D,15D,16D,21D. The van der Waals surface area contributed by atoms with Crippen molar-refractivity contribution in [3.63, 3.8) is 0 Å². The molecule has 0 bridgehead atoms. The highest BCUT2D eigenvalue weighted by Crippen LogP contribution is 2.45. The van der Waals surface area contributed by atoms with E-state index in [9.17, 15) is 1.37 Å². The molecule has 8 aromatic rings. The monoisotopic (exact) mass is 478 g/mol. The van der Waals surface area contributed by atoms with Crippen LogP contribution in [0.1, 0.15) is 11.0 Å². The molecule has 0 aliphatic carbocycles. The molecular weight excluding hydrogens is 448 g/mol. The van der Waals surface area contributed by atoms with Crippen molar-refractivity contribution in [1.82, 2.24) is 0 Å². The van der Waals surface area contributed by atoms with E-state index in [1.54, 1.807) is 30.5 Å². The lowest BCUT2D eigenvalue weighted by Crippen LogP contribution is -1.89. The molecule has 172 valence electrons. The van der Waals surface area contributed by atoms with Gasteiger partial charge >= 0.3 is 0 Å². The second kappa shape index (κ2) is 7.81. The fourth-order valence-electron chi connectivity index (χ4n) is 5.46. The topological polar surface area (TPSA) is 13.1 Å². The summed E-state index contributed by atoms with van der Waals surface area (Å²) >= 11 is 0. The van der Waals surface area contributed by atoms with Gasteiger partial charge in [0.15, 0.2) is 0 Å². The maximum absolute atomic E-state index is 9.24. The number of rotatable bonds is 2.